The number of esters is 2. The first-order valence-corrected chi connectivity index (χ1v) is 8.87. The molecule has 0 aromatic heterocycles. The zero-order chi connectivity index (χ0) is 17.8. The minimum absolute atomic E-state index is 0.0181. The highest BCUT2D eigenvalue weighted by Crippen LogP contribution is 2.40. The first-order chi connectivity index (χ1) is 12.1. The molecule has 2 bridgehead atoms. The molecule has 6 heteroatoms. The number of nitrogens with zero attached hydrogens (tertiary/aromatic N) is 1. The number of carbonyl (C=O) groups is 2. The summed E-state index contributed by atoms with van der Waals surface area (Å²) in [6, 6.07) is 9.20. The second-order valence-corrected chi connectivity index (χ2v) is 6.78. The highest BCUT2D eigenvalue weighted by molar-refractivity contribution is 5.89. The van der Waals surface area contributed by atoms with E-state index in [0.717, 1.165) is 12.8 Å². The highest BCUT2D eigenvalue weighted by atomic mass is 16.6. The van der Waals surface area contributed by atoms with Gasteiger partial charge in [0, 0.05) is 31.5 Å². The Morgan fingerprint density at radius 1 is 1.24 bits per heavy atom. The lowest BCUT2D eigenvalue weighted by Gasteiger charge is -2.40. The zero-order valence-electron chi connectivity index (χ0n) is 14.5. The Hall–Kier alpha value is -1.92. The molecule has 4 atom stereocenters. The van der Waals surface area contributed by atoms with Crippen molar-refractivity contribution in [3.63, 3.8) is 0 Å². The molecule has 25 heavy (non-hydrogen) atoms. The van der Waals surface area contributed by atoms with Gasteiger partial charge in [0.1, 0.15) is 12.0 Å². The number of hydrogen-bond donors (Lipinski definition) is 1. The largest absolute Gasteiger partial charge is 0.465 e. The second-order valence-electron chi connectivity index (χ2n) is 6.78. The van der Waals surface area contributed by atoms with Crippen molar-refractivity contribution in [1.82, 2.24) is 4.90 Å². The average Bonchev–Trinajstić information content (AvgIpc) is 2.86. The molecule has 2 saturated heterocycles. The summed E-state index contributed by atoms with van der Waals surface area (Å²) in [7, 11) is 2.02. The maximum absolute atomic E-state index is 12.6. The van der Waals surface area contributed by atoms with Gasteiger partial charge in [-0.1, -0.05) is 18.2 Å². The van der Waals surface area contributed by atoms with Gasteiger partial charge in [0.15, 0.2) is 0 Å². The number of ether oxygens (including phenoxy) is 2. The Morgan fingerprint density at radius 2 is 2.00 bits per heavy atom. The molecule has 0 amide bonds. The van der Waals surface area contributed by atoms with E-state index in [0.29, 0.717) is 24.4 Å². The van der Waals surface area contributed by atoms with Crippen LogP contribution >= 0.6 is 0 Å². The third-order valence-electron chi connectivity index (χ3n) is 5.30. The lowest BCUT2D eigenvalue weighted by Crippen LogP contribution is -2.53. The Labute approximate surface area is 147 Å². The molecule has 3 rings (SSSR count). The van der Waals surface area contributed by atoms with Gasteiger partial charge in [-0.2, -0.15) is 0 Å². The number of fused-ring (bicyclic) bond motifs is 2. The third-order valence-corrected chi connectivity index (χ3v) is 5.30. The quantitative estimate of drug-likeness (QED) is 0.622. The lowest BCUT2D eigenvalue weighted by molar-refractivity contribution is -0.159. The Kier molecular flexibility index (Phi) is 5.71. The number of aliphatic hydroxyl groups excluding tert-OH is 1. The standard InChI is InChI=1S/C19H25NO5/c1-20-14-8-9-15(20)17(19(23)24-11-5-10-21)16(12-14)25-18(22)13-6-3-2-4-7-13/h2-4,6-7,14-17,21H,5,8-12H2,1H3/t14?,15?,16-,17+/m0/s1. The smallest absolute Gasteiger partial charge is 0.338 e. The molecule has 2 aliphatic heterocycles. The lowest BCUT2D eigenvalue weighted by atomic mass is 9.87. The van der Waals surface area contributed by atoms with Crippen molar-refractivity contribution in [2.45, 2.75) is 43.9 Å². The van der Waals surface area contributed by atoms with Gasteiger partial charge in [0.25, 0.3) is 0 Å². The minimum atomic E-state index is -0.477. The van der Waals surface area contributed by atoms with E-state index in [9.17, 15) is 9.59 Å². The van der Waals surface area contributed by atoms with E-state index in [1.807, 2.05) is 13.1 Å². The fraction of sp³-hybridized carbons (Fsp3) is 0.579. The summed E-state index contributed by atoms with van der Waals surface area (Å²) in [6.45, 7) is 0.167. The molecule has 6 nitrogen and oxygen atoms in total. The first kappa shape index (κ1) is 17.9. The van der Waals surface area contributed by atoms with Crippen LogP contribution in [0, 0.1) is 5.92 Å². The number of carbonyl (C=O) groups excluding carboxylic acids is 2. The monoisotopic (exact) mass is 347 g/mol. The van der Waals surface area contributed by atoms with Crippen molar-refractivity contribution in [3.8, 4) is 0 Å². The fourth-order valence-corrected chi connectivity index (χ4v) is 3.96. The number of piperidine rings is 1. The van der Waals surface area contributed by atoms with Gasteiger partial charge in [-0.25, -0.2) is 4.79 Å². The minimum Gasteiger partial charge on any atom is -0.465 e. The number of aliphatic hydroxyl groups is 1. The topological polar surface area (TPSA) is 76.1 Å². The molecular formula is C19H25NO5. The highest BCUT2D eigenvalue weighted by Gasteiger charge is 2.51. The van der Waals surface area contributed by atoms with E-state index in [-0.39, 0.29) is 25.2 Å². The van der Waals surface area contributed by atoms with Gasteiger partial charge in [0.05, 0.1) is 12.2 Å². The molecule has 1 aromatic rings. The van der Waals surface area contributed by atoms with Crippen molar-refractivity contribution in [2.24, 2.45) is 5.92 Å². The Bertz CT molecular complexity index is 605. The summed E-state index contributed by atoms with van der Waals surface area (Å²) in [5.41, 5.74) is 0.487. The summed E-state index contributed by atoms with van der Waals surface area (Å²) in [5, 5.41) is 8.86. The summed E-state index contributed by atoms with van der Waals surface area (Å²) in [5.74, 6) is -1.21. The molecular weight excluding hydrogens is 322 g/mol. The van der Waals surface area contributed by atoms with Crippen LogP contribution < -0.4 is 0 Å². The van der Waals surface area contributed by atoms with Crippen LogP contribution in [-0.4, -0.2) is 60.4 Å². The summed E-state index contributed by atoms with van der Waals surface area (Å²) >= 11 is 0. The van der Waals surface area contributed by atoms with Crippen molar-refractivity contribution in [3.05, 3.63) is 35.9 Å². The van der Waals surface area contributed by atoms with Gasteiger partial charge in [-0.3, -0.25) is 9.69 Å². The van der Waals surface area contributed by atoms with Crippen molar-refractivity contribution in [2.75, 3.05) is 20.3 Å². The molecule has 0 saturated carbocycles. The molecule has 1 aromatic carbocycles. The maximum atomic E-state index is 12.6. The summed E-state index contributed by atoms with van der Waals surface area (Å²) in [6.07, 6.45) is 2.49. The predicted octanol–water partition coefficient (Wildman–Crippen LogP) is 1.62. The normalized spacial score (nSPS) is 28.6. The number of rotatable bonds is 6. The van der Waals surface area contributed by atoms with Crippen LogP contribution in [0.25, 0.3) is 0 Å². The van der Waals surface area contributed by atoms with Crippen LogP contribution in [0.1, 0.15) is 36.0 Å². The second kappa shape index (κ2) is 7.97. The van der Waals surface area contributed by atoms with Crippen molar-refractivity contribution in [1.29, 1.82) is 0 Å². The van der Waals surface area contributed by atoms with E-state index >= 15 is 0 Å². The summed E-state index contributed by atoms with van der Waals surface area (Å²) in [4.78, 5) is 27.3. The fourth-order valence-electron chi connectivity index (χ4n) is 3.96. The van der Waals surface area contributed by atoms with Crippen molar-refractivity contribution >= 4 is 11.9 Å². The average molecular weight is 347 g/mol. The van der Waals surface area contributed by atoms with Gasteiger partial charge in [-0.05, 0) is 32.0 Å². The molecule has 2 fully saturated rings. The molecule has 1 N–H and O–H groups in total. The summed E-state index contributed by atoms with van der Waals surface area (Å²) < 4.78 is 11.1. The van der Waals surface area contributed by atoms with Crippen LogP contribution in [-0.2, 0) is 14.3 Å². The van der Waals surface area contributed by atoms with Crippen LogP contribution in [0.5, 0.6) is 0 Å². The van der Waals surface area contributed by atoms with E-state index in [4.69, 9.17) is 14.6 Å². The van der Waals surface area contributed by atoms with E-state index in [1.165, 1.54) is 0 Å². The van der Waals surface area contributed by atoms with Crippen LogP contribution in [0.15, 0.2) is 30.3 Å². The molecule has 0 aliphatic carbocycles. The van der Waals surface area contributed by atoms with Crippen LogP contribution in [0.2, 0.25) is 0 Å². The van der Waals surface area contributed by atoms with Gasteiger partial charge in [-0.15, -0.1) is 0 Å². The van der Waals surface area contributed by atoms with E-state index < -0.39 is 18.0 Å². The molecule has 136 valence electrons. The number of hydrogen-bond acceptors (Lipinski definition) is 6. The van der Waals surface area contributed by atoms with Gasteiger partial charge in [0.2, 0.25) is 0 Å². The molecule has 2 heterocycles. The van der Waals surface area contributed by atoms with E-state index in [2.05, 4.69) is 4.90 Å². The molecule has 2 unspecified atom stereocenters. The van der Waals surface area contributed by atoms with Crippen LogP contribution in [0.3, 0.4) is 0 Å². The Morgan fingerprint density at radius 3 is 2.72 bits per heavy atom. The zero-order valence-corrected chi connectivity index (χ0v) is 14.5. The third kappa shape index (κ3) is 3.85. The predicted molar refractivity (Wildman–Crippen MR) is 91.0 cm³/mol. The van der Waals surface area contributed by atoms with Crippen LogP contribution in [0.4, 0.5) is 0 Å². The molecule has 0 radical (unpaired) electrons. The van der Waals surface area contributed by atoms with Crippen molar-refractivity contribution < 1.29 is 24.2 Å². The SMILES string of the molecule is CN1C2CCC1[C@@H](C(=O)OCCCO)[C@@H](OC(=O)c1ccccc1)C2. The van der Waals surface area contributed by atoms with Gasteiger partial charge >= 0.3 is 11.9 Å². The Balaban J connectivity index is 1.73. The number of benzene rings is 1. The molecule has 0 spiro atoms. The maximum Gasteiger partial charge on any atom is 0.338 e. The van der Waals surface area contributed by atoms with E-state index in [1.54, 1.807) is 24.3 Å². The first-order valence-electron chi connectivity index (χ1n) is 8.87. The van der Waals surface area contributed by atoms with Gasteiger partial charge < -0.3 is 14.6 Å². The molecule has 2 aliphatic rings.